The van der Waals surface area contributed by atoms with Crippen LogP contribution in [-0.4, -0.2) is 53.7 Å². The standard InChI is InChI=1S/C20H27N3O4/c1-20(2,3)27-19(25)23-9-7-14(8-10-23)21-18(24)17-11-13-5-6-15(26-4)12-16(13)22-17/h5-6,11-12,14,22H,7-10H2,1-4H3,(H,21,24). The summed E-state index contributed by atoms with van der Waals surface area (Å²) in [6.07, 6.45) is 1.12. The third kappa shape index (κ3) is 4.72. The number of hydrogen-bond donors (Lipinski definition) is 2. The summed E-state index contributed by atoms with van der Waals surface area (Å²) in [6.45, 7) is 6.71. The number of methoxy groups -OCH3 is 1. The van der Waals surface area contributed by atoms with Crippen LogP contribution < -0.4 is 10.1 Å². The van der Waals surface area contributed by atoms with Gasteiger partial charge < -0.3 is 24.7 Å². The molecule has 7 nitrogen and oxygen atoms in total. The van der Waals surface area contributed by atoms with E-state index in [4.69, 9.17) is 9.47 Å². The molecule has 0 saturated carbocycles. The van der Waals surface area contributed by atoms with Gasteiger partial charge in [-0.15, -0.1) is 0 Å². The maximum absolute atomic E-state index is 12.6. The van der Waals surface area contributed by atoms with Crippen molar-refractivity contribution in [3.05, 3.63) is 30.0 Å². The second kappa shape index (κ2) is 7.50. The number of aromatic nitrogens is 1. The quantitative estimate of drug-likeness (QED) is 0.865. The Hall–Kier alpha value is -2.70. The van der Waals surface area contributed by atoms with Crippen molar-refractivity contribution >= 4 is 22.9 Å². The smallest absolute Gasteiger partial charge is 0.410 e. The van der Waals surface area contributed by atoms with Gasteiger partial charge in [-0.05, 0) is 51.8 Å². The van der Waals surface area contributed by atoms with Gasteiger partial charge in [0, 0.05) is 36.1 Å². The van der Waals surface area contributed by atoms with Crippen LogP contribution in [0.4, 0.5) is 4.79 Å². The van der Waals surface area contributed by atoms with Gasteiger partial charge in [0.2, 0.25) is 0 Å². The molecular weight excluding hydrogens is 346 g/mol. The highest BCUT2D eigenvalue weighted by Gasteiger charge is 2.27. The van der Waals surface area contributed by atoms with Crippen LogP contribution in [0.2, 0.25) is 0 Å². The number of fused-ring (bicyclic) bond motifs is 1. The van der Waals surface area contributed by atoms with Crippen molar-refractivity contribution in [3.8, 4) is 5.75 Å². The van der Waals surface area contributed by atoms with E-state index in [1.807, 2.05) is 45.0 Å². The van der Waals surface area contributed by atoms with Crippen LogP contribution in [0.5, 0.6) is 5.75 Å². The van der Waals surface area contributed by atoms with Gasteiger partial charge in [-0.1, -0.05) is 0 Å². The molecule has 0 radical (unpaired) electrons. The van der Waals surface area contributed by atoms with Crippen molar-refractivity contribution in [1.82, 2.24) is 15.2 Å². The molecule has 2 N–H and O–H groups in total. The van der Waals surface area contributed by atoms with Crippen molar-refractivity contribution in [2.24, 2.45) is 0 Å². The molecule has 27 heavy (non-hydrogen) atoms. The second-order valence-corrected chi connectivity index (χ2v) is 7.85. The summed E-state index contributed by atoms with van der Waals surface area (Å²) >= 11 is 0. The number of aromatic amines is 1. The molecule has 0 spiro atoms. The van der Waals surface area contributed by atoms with Gasteiger partial charge in [0.1, 0.15) is 17.0 Å². The van der Waals surface area contributed by atoms with Gasteiger partial charge in [-0.25, -0.2) is 4.79 Å². The lowest BCUT2D eigenvalue weighted by Crippen LogP contribution is -2.47. The van der Waals surface area contributed by atoms with Crippen LogP contribution in [0.1, 0.15) is 44.1 Å². The monoisotopic (exact) mass is 373 g/mol. The Morgan fingerprint density at radius 3 is 2.52 bits per heavy atom. The second-order valence-electron chi connectivity index (χ2n) is 7.85. The molecular formula is C20H27N3O4. The number of hydrogen-bond acceptors (Lipinski definition) is 4. The summed E-state index contributed by atoms with van der Waals surface area (Å²) in [5.74, 6) is 0.603. The van der Waals surface area contributed by atoms with Crippen molar-refractivity contribution < 1.29 is 19.1 Å². The van der Waals surface area contributed by atoms with E-state index in [-0.39, 0.29) is 18.0 Å². The predicted octanol–water partition coefficient (Wildman–Crippen LogP) is 3.31. The average molecular weight is 373 g/mol. The number of nitrogens with zero attached hydrogens (tertiary/aromatic N) is 1. The highest BCUT2D eigenvalue weighted by molar-refractivity contribution is 5.98. The molecule has 1 fully saturated rings. The SMILES string of the molecule is COc1ccc2cc(C(=O)NC3CCN(C(=O)OC(C)(C)C)CC3)[nH]c2c1. The molecule has 2 heterocycles. The number of ether oxygens (including phenoxy) is 2. The van der Waals surface area contributed by atoms with E-state index in [2.05, 4.69) is 10.3 Å². The van der Waals surface area contributed by atoms with Gasteiger partial charge >= 0.3 is 6.09 Å². The Morgan fingerprint density at radius 1 is 1.19 bits per heavy atom. The van der Waals surface area contributed by atoms with Gasteiger partial charge in [-0.3, -0.25) is 4.79 Å². The zero-order chi connectivity index (χ0) is 19.6. The van der Waals surface area contributed by atoms with E-state index < -0.39 is 5.60 Å². The number of likely N-dealkylation sites (tertiary alicyclic amines) is 1. The molecule has 0 atom stereocenters. The molecule has 2 amide bonds. The van der Waals surface area contributed by atoms with Crippen LogP contribution >= 0.6 is 0 Å². The molecule has 1 saturated heterocycles. The molecule has 2 aromatic rings. The normalized spacial score (nSPS) is 15.6. The Labute approximate surface area is 159 Å². The third-order valence-corrected chi connectivity index (χ3v) is 4.56. The Bertz CT molecular complexity index is 829. The van der Waals surface area contributed by atoms with E-state index in [0.717, 1.165) is 16.7 Å². The first-order valence-electron chi connectivity index (χ1n) is 9.21. The predicted molar refractivity (Wildman–Crippen MR) is 103 cm³/mol. The summed E-state index contributed by atoms with van der Waals surface area (Å²) in [7, 11) is 1.61. The van der Waals surface area contributed by atoms with Gasteiger partial charge in [-0.2, -0.15) is 0 Å². The largest absolute Gasteiger partial charge is 0.497 e. The number of carbonyl (C=O) groups is 2. The number of amides is 2. The highest BCUT2D eigenvalue weighted by atomic mass is 16.6. The zero-order valence-corrected chi connectivity index (χ0v) is 16.3. The number of nitrogens with one attached hydrogen (secondary N) is 2. The lowest BCUT2D eigenvalue weighted by atomic mass is 10.1. The first-order valence-corrected chi connectivity index (χ1v) is 9.21. The van der Waals surface area contributed by atoms with Crippen molar-refractivity contribution in [2.75, 3.05) is 20.2 Å². The first kappa shape index (κ1) is 19.1. The fraction of sp³-hybridized carbons (Fsp3) is 0.500. The fourth-order valence-electron chi connectivity index (χ4n) is 3.15. The molecule has 1 aliphatic heterocycles. The van der Waals surface area contributed by atoms with Crippen LogP contribution in [-0.2, 0) is 4.74 Å². The molecule has 3 rings (SSSR count). The minimum absolute atomic E-state index is 0.0390. The van der Waals surface area contributed by atoms with Gasteiger partial charge in [0.25, 0.3) is 5.91 Å². The molecule has 1 aromatic carbocycles. The lowest BCUT2D eigenvalue weighted by molar-refractivity contribution is 0.0199. The molecule has 1 aliphatic rings. The number of H-pyrrole nitrogens is 1. The average Bonchev–Trinajstić information content (AvgIpc) is 3.04. The third-order valence-electron chi connectivity index (χ3n) is 4.56. The Kier molecular flexibility index (Phi) is 5.30. The molecule has 0 aliphatic carbocycles. The van der Waals surface area contributed by atoms with Gasteiger partial charge in [0.05, 0.1) is 7.11 Å². The first-order chi connectivity index (χ1) is 12.7. The summed E-state index contributed by atoms with van der Waals surface area (Å²) in [5, 5.41) is 4.01. The minimum Gasteiger partial charge on any atom is -0.497 e. The van der Waals surface area contributed by atoms with Crippen LogP contribution in [0, 0.1) is 0 Å². The van der Waals surface area contributed by atoms with Gasteiger partial charge in [0.15, 0.2) is 0 Å². The van der Waals surface area contributed by atoms with E-state index in [1.165, 1.54) is 0 Å². The van der Waals surface area contributed by atoms with Crippen LogP contribution in [0.15, 0.2) is 24.3 Å². The summed E-state index contributed by atoms with van der Waals surface area (Å²) in [5.41, 5.74) is 0.882. The van der Waals surface area contributed by atoms with Crippen molar-refractivity contribution in [2.45, 2.75) is 45.3 Å². The van der Waals surface area contributed by atoms with Crippen LogP contribution in [0.25, 0.3) is 10.9 Å². The van der Waals surface area contributed by atoms with E-state index in [9.17, 15) is 9.59 Å². The zero-order valence-electron chi connectivity index (χ0n) is 16.3. The highest BCUT2D eigenvalue weighted by Crippen LogP contribution is 2.22. The lowest BCUT2D eigenvalue weighted by Gasteiger charge is -2.33. The molecule has 146 valence electrons. The Balaban J connectivity index is 1.56. The topological polar surface area (TPSA) is 83.7 Å². The molecule has 7 heteroatoms. The van der Waals surface area contributed by atoms with Crippen molar-refractivity contribution in [3.63, 3.8) is 0 Å². The van der Waals surface area contributed by atoms with Crippen molar-refractivity contribution in [1.29, 1.82) is 0 Å². The summed E-state index contributed by atoms with van der Waals surface area (Å²) in [6, 6.07) is 7.52. The van der Waals surface area contributed by atoms with Crippen LogP contribution in [0.3, 0.4) is 0 Å². The number of rotatable bonds is 3. The molecule has 0 bridgehead atoms. The number of carbonyl (C=O) groups excluding carboxylic acids is 2. The number of benzene rings is 1. The number of piperidine rings is 1. The maximum atomic E-state index is 12.6. The summed E-state index contributed by atoms with van der Waals surface area (Å²) in [4.78, 5) is 29.5. The Morgan fingerprint density at radius 2 is 1.89 bits per heavy atom. The fourth-order valence-corrected chi connectivity index (χ4v) is 3.15. The maximum Gasteiger partial charge on any atom is 0.410 e. The molecule has 0 unspecified atom stereocenters. The van der Waals surface area contributed by atoms with E-state index in [0.29, 0.717) is 31.6 Å². The summed E-state index contributed by atoms with van der Waals surface area (Å²) < 4.78 is 10.6. The minimum atomic E-state index is -0.500. The molecule has 1 aromatic heterocycles. The van der Waals surface area contributed by atoms with E-state index in [1.54, 1.807) is 12.0 Å². The van der Waals surface area contributed by atoms with E-state index >= 15 is 0 Å².